The number of nitrogens with one attached hydrogen (secondary N) is 4. The van der Waals surface area contributed by atoms with E-state index in [2.05, 4.69) is 21.3 Å². The van der Waals surface area contributed by atoms with Gasteiger partial charge in [-0.25, -0.2) is 23.3 Å². The lowest BCUT2D eigenvalue weighted by atomic mass is 9.82. The molecule has 8 amide bonds. The van der Waals surface area contributed by atoms with Crippen molar-refractivity contribution >= 4 is 64.6 Å². The Bertz CT molecular complexity index is 2820. The summed E-state index contributed by atoms with van der Waals surface area (Å²) in [6, 6.07) is 16.5. The van der Waals surface area contributed by atoms with Crippen LogP contribution in [0.15, 0.2) is 97.2 Å². The summed E-state index contributed by atoms with van der Waals surface area (Å²) in [6.45, 7) is 6.44. The predicted octanol–water partition coefficient (Wildman–Crippen LogP) is 4.84. The van der Waals surface area contributed by atoms with E-state index in [1.807, 2.05) is 55.7 Å². The highest BCUT2D eigenvalue weighted by molar-refractivity contribution is 6.28. The first-order chi connectivity index (χ1) is 36.6. The number of urea groups is 1. The lowest BCUT2D eigenvalue weighted by Crippen LogP contribution is -2.48. The number of hydrogen-bond donors (Lipinski definition) is 8. The van der Waals surface area contributed by atoms with Crippen LogP contribution in [0.4, 0.5) is 38.1 Å². The molecule has 0 aliphatic carbocycles. The number of carboxylic acids is 1. The van der Waals surface area contributed by atoms with Crippen LogP contribution in [0.2, 0.25) is 0 Å². The molecule has 4 atom stereocenters. The molecule has 78 heavy (non-hydrogen) atoms. The molecule has 0 radical (unpaired) electrons. The van der Waals surface area contributed by atoms with Gasteiger partial charge < -0.3 is 52.4 Å². The van der Waals surface area contributed by atoms with Gasteiger partial charge in [0, 0.05) is 85.8 Å². The Morgan fingerprint density at radius 1 is 0.821 bits per heavy atom. The van der Waals surface area contributed by atoms with Gasteiger partial charge in [-0.2, -0.15) is 13.2 Å². The van der Waals surface area contributed by atoms with Crippen molar-refractivity contribution in [2.45, 2.75) is 90.6 Å². The lowest BCUT2D eigenvalue weighted by molar-refractivity contribution is -0.192. The molecular formula is C53H62F5N9O11. The number of carboxylic acid groups (broad SMARTS) is 1. The van der Waals surface area contributed by atoms with Crippen molar-refractivity contribution in [3.63, 3.8) is 0 Å². The Kier molecular flexibility index (Phi) is 22.5. The zero-order valence-electron chi connectivity index (χ0n) is 43.1. The van der Waals surface area contributed by atoms with Crippen molar-refractivity contribution in [2.24, 2.45) is 22.8 Å². The molecule has 3 aromatic carbocycles. The van der Waals surface area contributed by atoms with Gasteiger partial charge in [0.2, 0.25) is 23.6 Å². The van der Waals surface area contributed by atoms with Gasteiger partial charge in [0.1, 0.15) is 18.2 Å². The molecule has 1 aliphatic heterocycles. The summed E-state index contributed by atoms with van der Waals surface area (Å²) in [6.07, 6.45) is -1.25. The van der Waals surface area contributed by atoms with Crippen LogP contribution in [-0.4, -0.2) is 117 Å². The number of aliphatic hydroxyl groups excluding tert-OH is 1. The number of Topliss-reactive ketones (excluding diaryl/α,β-unsaturated/α-hetero) is 1. The standard InChI is InChI=1S/C51H61F2N9O9.C2HF3O2/c1-31(42(64)26-33(11-8-22-57-50(55)71)48(69)59-36-13-15-37(16-14-36)62-44(66)18-19-45(62)67)58-43(65)20-23-56-49(70)40(54)21-24-61(46(68)30-63)47(51(2,3)4)41-25-34(38-27-35(52)12-17-39(38)53)29-60(41)28-32-9-6-5-7-10-32;3-2(4,5)1(6)7/h5-7,9-10,12-19,25,27,29,31,33,40,47,63H,8,11,20-24,26,28,30,54H2,1-4H3,(H,56,70)(H,58,65)(H,59,69)(H3,55,57,71);(H,6,7)/t31-,33+,40-,47-;/m0./s1. The fourth-order valence-corrected chi connectivity index (χ4v) is 8.23. The summed E-state index contributed by atoms with van der Waals surface area (Å²) >= 11 is 0. The first-order valence-electron chi connectivity index (χ1n) is 24.4. The molecule has 1 aromatic heterocycles. The van der Waals surface area contributed by atoms with E-state index >= 15 is 4.39 Å². The third-order valence-electron chi connectivity index (χ3n) is 12.1. The largest absolute Gasteiger partial charge is 0.490 e. The van der Waals surface area contributed by atoms with Crippen LogP contribution in [0, 0.1) is 23.0 Å². The average molecular weight is 1100 g/mol. The van der Waals surface area contributed by atoms with E-state index in [4.69, 9.17) is 21.4 Å². The highest BCUT2D eigenvalue weighted by Gasteiger charge is 2.39. The van der Waals surface area contributed by atoms with Crippen LogP contribution in [0.1, 0.15) is 77.1 Å². The molecule has 0 fully saturated rings. The van der Waals surface area contributed by atoms with Crippen LogP contribution in [0.25, 0.3) is 11.1 Å². The molecule has 20 nitrogen and oxygen atoms in total. The zero-order chi connectivity index (χ0) is 58.1. The van der Waals surface area contributed by atoms with Crippen molar-refractivity contribution < 1.29 is 75.3 Å². The number of alkyl halides is 3. The Balaban J connectivity index is 0.00000175. The molecule has 2 heterocycles. The van der Waals surface area contributed by atoms with Crippen LogP contribution < -0.4 is 37.6 Å². The van der Waals surface area contributed by atoms with Gasteiger partial charge in [0.15, 0.2) is 5.78 Å². The minimum Gasteiger partial charge on any atom is -0.475 e. The molecular weight excluding hydrogens is 1030 g/mol. The molecule has 1 aliphatic rings. The lowest BCUT2D eigenvalue weighted by Gasteiger charge is -2.41. The maximum atomic E-state index is 15.1. The van der Waals surface area contributed by atoms with Crippen molar-refractivity contribution in [1.82, 2.24) is 25.4 Å². The van der Waals surface area contributed by atoms with Crippen LogP contribution in [0.3, 0.4) is 0 Å². The molecule has 0 bridgehead atoms. The van der Waals surface area contributed by atoms with Crippen molar-refractivity contribution in [3.05, 3.63) is 120 Å². The van der Waals surface area contributed by atoms with Crippen molar-refractivity contribution in [3.8, 4) is 11.1 Å². The maximum absolute atomic E-state index is 15.1. The Morgan fingerprint density at radius 2 is 1.45 bits per heavy atom. The van der Waals surface area contributed by atoms with Crippen molar-refractivity contribution in [1.29, 1.82) is 0 Å². The molecule has 420 valence electrons. The number of aliphatic carboxylic acids is 1. The third kappa shape index (κ3) is 18.5. The summed E-state index contributed by atoms with van der Waals surface area (Å²) in [5.74, 6) is -8.81. The van der Waals surface area contributed by atoms with E-state index in [0.29, 0.717) is 35.6 Å². The normalized spacial score (nSPS) is 13.8. The molecule has 4 aromatic rings. The highest BCUT2D eigenvalue weighted by atomic mass is 19.4. The van der Waals surface area contributed by atoms with Crippen LogP contribution in [-0.2, 0) is 44.9 Å². The molecule has 5 rings (SSSR count). The van der Waals surface area contributed by atoms with E-state index in [9.17, 15) is 61.0 Å². The van der Waals surface area contributed by atoms with Gasteiger partial charge in [-0.15, -0.1) is 0 Å². The number of nitrogens with zero attached hydrogens (tertiary/aromatic N) is 3. The number of benzene rings is 3. The summed E-state index contributed by atoms with van der Waals surface area (Å²) in [4.78, 5) is 113. The van der Waals surface area contributed by atoms with Crippen LogP contribution >= 0.6 is 0 Å². The van der Waals surface area contributed by atoms with E-state index in [-0.39, 0.29) is 50.9 Å². The summed E-state index contributed by atoms with van der Waals surface area (Å²) in [5.41, 5.74) is 13.3. The summed E-state index contributed by atoms with van der Waals surface area (Å²) < 4.78 is 63.1. The number of anilines is 2. The van der Waals surface area contributed by atoms with Gasteiger partial charge in [-0.1, -0.05) is 51.1 Å². The quantitative estimate of drug-likeness (QED) is 0.0266. The van der Waals surface area contributed by atoms with Gasteiger partial charge in [-0.3, -0.25) is 33.6 Å². The first-order valence-corrected chi connectivity index (χ1v) is 24.4. The third-order valence-corrected chi connectivity index (χ3v) is 12.1. The second kappa shape index (κ2) is 28.2. The Hall–Kier alpha value is -8.32. The monoisotopic (exact) mass is 1100 g/mol. The minimum atomic E-state index is -5.08. The topological polar surface area (TPSA) is 306 Å². The van der Waals surface area contributed by atoms with E-state index in [1.54, 1.807) is 12.3 Å². The van der Waals surface area contributed by atoms with Crippen LogP contribution in [0.5, 0.6) is 0 Å². The van der Waals surface area contributed by atoms with E-state index < -0.39 is 107 Å². The molecule has 0 saturated heterocycles. The Morgan fingerprint density at radius 3 is 2.03 bits per heavy atom. The number of carbonyl (C=O) groups excluding carboxylic acids is 8. The summed E-state index contributed by atoms with van der Waals surface area (Å²) in [7, 11) is 0. The number of carbonyl (C=O) groups is 9. The number of halogens is 5. The predicted molar refractivity (Wildman–Crippen MR) is 274 cm³/mol. The highest BCUT2D eigenvalue weighted by Crippen LogP contribution is 2.41. The molecule has 0 unspecified atom stereocenters. The van der Waals surface area contributed by atoms with Gasteiger partial charge in [0.05, 0.1) is 23.8 Å². The maximum Gasteiger partial charge on any atom is 0.490 e. The molecule has 25 heteroatoms. The smallest absolute Gasteiger partial charge is 0.475 e. The number of aliphatic hydroxyl groups is 1. The summed E-state index contributed by atoms with van der Waals surface area (Å²) in [5, 5.41) is 27.7. The fourth-order valence-electron chi connectivity index (χ4n) is 8.23. The number of amides is 8. The number of rotatable bonds is 24. The number of hydrogen-bond acceptors (Lipinski definition) is 11. The number of primary amides is 1. The minimum absolute atomic E-state index is 0.0222. The molecule has 10 N–H and O–H groups in total. The second-order valence-electron chi connectivity index (χ2n) is 19.1. The SMILES string of the molecule is C[C@H](NC(=O)CCNC(=O)[C@@H](N)CCN(C(=O)CO)[C@@H](c1cc(-c2cc(F)ccc2F)cn1Cc1ccccc1)C(C)(C)C)C(=O)C[C@@H](CCCNC(N)=O)C(=O)Nc1ccc(N2C(=O)C=CC2=O)cc1.O=C(O)C(F)(F)F. The molecule has 0 saturated carbocycles. The number of nitrogens with two attached hydrogens (primary N) is 2. The number of aromatic nitrogens is 1. The van der Waals surface area contributed by atoms with E-state index in [1.165, 1.54) is 36.1 Å². The first kappa shape index (κ1) is 62.2. The molecule has 0 spiro atoms. The van der Waals surface area contributed by atoms with Crippen molar-refractivity contribution in [2.75, 3.05) is 36.5 Å². The van der Waals surface area contributed by atoms with Gasteiger partial charge in [-0.05, 0) is 85.7 Å². The van der Waals surface area contributed by atoms with Gasteiger partial charge in [0.25, 0.3) is 11.8 Å². The van der Waals surface area contributed by atoms with Gasteiger partial charge >= 0.3 is 18.2 Å². The average Bonchev–Trinajstić information content (AvgIpc) is 3.99. The number of imide groups is 1. The fraction of sp³-hybridized carbons (Fsp3) is 0.377. The number of ketones is 1. The Labute approximate surface area is 445 Å². The van der Waals surface area contributed by atoms with E-state index in [0.717, 1.165) is 40.8 Å². The second-order valence-corrected chi connectivity index (χ2v) is 19.1. The zero-order valence-corrected chi connectivity index (χ0v) is 43.1.